The van der Waals surface area contributed by atoms with Crippen LogP contribution in [0.5, 0.6) is 5.75 Å². The number of esters is 1. The number of nitrogens with zero attached hydrogens (tertiary/aromatic N) is 2. The number of methoxy groups -OCH3 is 1. The lowest BCUT2D eigenvalue weighted by Crippen LogP contribution is -2.57. The quantitative estimate of drug-likeness (QED) is 0.577. The Kier molecular flexibility index (Phi) is 6.94. The van der Waals surface area contributed by atoms with E-state index in [-0.39, 0.29) is 37.2 Å². The van der Waals surface area contributed by atoms with Crippen LogP contribution in [0.2, 0.25) is 0 Å². The van der Waals surface area contributed by atoms with Crippen molar-refractivity contribution < 1.29 is 29.0 Å². The highest BCUT2D eigenvalue weighted by atomic mass is 16.6. The van der Waals surface area contributed by atoms with Crippen LogP contribution < -0.4 is 10.1 Å². The van der Waals surface area contributed by atoms with Crippen molar-refractivity contribution in [2.24, 2.45) is 0 Å². The highest BCUT2D eigenvalue weighted by molar-refractivity contribution is 5.94. The maximum atomic E-state index is 12.4. The molecule has 9 nitrogen and oxygen atoms in total. The number of hydrogen-bond donors (Lipinski definition) is 2. The second kappa shape index (κ2) is 9.44. The Morgan fingerprint density at radius 2 is 1.93 bits per heavy atom. The van der Waals surface area contributed by atoms with E-state index in [0.29, 0.717) is 13.0 Å². The summed E-state index contributed by atoms with van der Waals surface area (Å²) in [4.78, 5) is 39.5. The van der Waals surface area contributed by atoms with Gasteiger partial charge in [-0.15, -0.1) is 0 Å². The van der Waals surface area contributed by atoms with E-state index in [0.717, 1.165) is 11.3 Å². The van der Waals surface area contributed by atoms with E-state index in [1.165, 1.54) is 9.80 Å². The fourth-order valence-electron chi connectivity index (χ4n) is 3.91. The zero-order valence-corrected chi connectivity index (χ0v) is 17.5. The van der Waals surface area contributed by atoms with E-state index in [1.54, 1.807) is 21.2 Å². The third kappa shape index (κ3) is 4.91. The zero-order chi connectivity index (χ0) is 21.8. The highest BCUT2D eigenvalue weighted by Gasteiger charge is 2.39. The molecule has 2 N–H and O–H groups in total. The van der Waals surface area contributed by atoms with Crippen molar-refractivity contribution >= 4 is 17.8 Å². The van der Waals surface area contributed by atoms with E-state index in [1.807, 2.05) is 24.3 Å². The number of benzene rings is 1. The van der Waals surface area contributed by atoms with Crippen LogP contribution in [0.1, 0.15) is 18.4 Å². The molecule has 0 radical (unpaired) electrons. The minimum absolute atomic E-state index is 0.0135. The molecule has 0 aromatic heterocycles. The Bertz CT molecular complexity index is 783. The molecular formula is C21H29N3O6. The Balaban J connectivity index is 1.55. The molecule has 0 bridgehead atoms. The van der Waals surface area contributed by atoms with Gasteiger partial charge in [-0.3, -0.25) is 14.4 Å². The summed E-state index contributed by atoms with van der Waals surface area (Å²) in [6, 6.07) is 6.69. The third-order valence-corrected chi connectivity index (χ3v) is 5.76. The zero-order valence-electron chi connectivity index (χ0n) is 17.5. The number of carbonyl (C=O) groups excluding carboxylic acids is 3. The topological polar surface area (TPSA) is 108 Å². The van der Waals surface area contributed by atoms with Gasteiger partial charge >= 0.3 is 5.97 Å². The summed E-state index contributed by atoms with van der Waals surface area (Å²) in [5.74, 6) is -0.0906. The Morgan fingerprint density at radius 1 is 1.23 bits per heavy atom. The standard InChI is InChI=1S/C21H29N3O6/c1-23-12-18(26)24(2)16(21(23)28)8-9-19(27)30-20-15(22-11-17(20)25)10-13-4-6-14(29-3)7-5-13/h4-7,15-17,20,22,25H,8-12H2,1-3H3/t15-,16?,17+,20+/m1/s1. The number of aliphatic hydroxyl groups excluding tert-OH is 1. The maximum Gasteiger partial charge on any atom is 0.306 e. The lowest BCUT2D eigenvalue weighted by atomic mass is 10.0. The fraction of sp³-hybridized carbons (Fsp3) is 0.571. The molecule has 2 amide bonds. The van der Waals surface area contributed by atoms with Crippen molar-refractivity contribution in [3.8, 4) is 5.75 Å². The van der Waals surface area contributed by atoms with Crippen LogP contribution in [0.4, 0.5) is 0 Å². The lowest BCUT2D eigenvalue weighted by Gasteiger charge is -2.36. The molecule has 2 fully saturated rings. The maximum absolute atomic E-state index is 12.4. The minimum Gasteiger partial charge on any atom is -0.497 e. The van der Waals surface area contributed by atoms with Gasteiger partial charge in [-0.2, -0.15) is 0 Å². The molecule has 4 atom stereocenters. The largest absolute Gasteiger partial charge is 0.497 e. The molecule has 2 aliphatic rings. The van der Waals surface area contributed by atoms with Gasteiger partial charge in [0.1, 0.15) is 24.0 Å². The Morgan fingerprint density at radius 3 is 2.60 bits per heavy atom. The number of rotatable bonds is 7. The first-order valence-corrected chi connectivity index (χ1v) is 10.0. The predicted octanol–water partition coefficient (Wildman–Crippen LogP) is -0.439. The molecule has 0 spiro atoms. The van der Waals surface area contributed by atoms with Crippen LogP contribution in [0, 0.1) is 0 Å². The predicted molar refractivity (Wildman–Crippen MR) is 108 cm³/mol. The molecule has 2 saturated heterocycles. The summed E-state index contributed by atoms with van der Waals surface area (Å²) in [6.07, 6.45) is -0.723. The van der Waals surface area contributed by atoms with E-state index in [4.69, 9.17) is 9.47 Å². The normalized spacial score (nSPS) is 26.8. The average Bonchev–Trinajstić information content (AvgIpc) is 3.06. The van der Waals surface area contributed by atoms with Crippen LogP contribution in [0.25, 0.3) is 0 Å². The number of aliphatic hydroxyl groups is 1. The van der Waals surface area contributed by atoms with Gasteiger partial charge in [-0.1, -0.05) is 12.1 Å². The third-order valence-electron chi connectivity index (χ3n) is 5.76. The van der Waals surface area contributed by atoms with Crippen molar-refractivity contribution in [2.75, 3.05) is 34.3 Å². The number of ether oxygens (including phenoxy) is 2. The van der Waals surface area contributed by atoms with Gasteiger partial charge in [-0.25, -0.2) is 0 Å². The highest BCUT2D eigenvalue weighted by Crippen LogP contribution is 2.21. The summed E-state index contributed by atoms with van der Waals surface area (Å²) in [5, 5.41) is 13.5. The van der Waals surface area contributed by atoms with Gasteiger partial charge < -0.3 is 29.7 Å². The SMILES string of the molecule is COc1ccc(C[C@H]2NC[C@H](O)[C@H]2OC(=O)CCC2C(=O)N(C)CC(=O)N2C)cc1. The number of nitrogens with one attached hydrogen (secondary N) is 1. The van der Waals surface area contributed by atoms with Crippen LogP contribution in [0.3, 0.4) is 0 Å². The molecule has 1 unspecified atom stereocenters. The molecule has 2 heterocycles. The number of hydrogen-bond acceptors (Lipinski definition) is 7. The Hall–Kier alpha value is -2.65. The molecular weight excluding hydrogens is 390 g/mol. The number of amides is 2. The summed E-state index contributed by atoms with van der Waals surface area (Å²) in [6.45, 7) is 0.380. The van der Waals surface area contributed by atoms with Crippen molar-refractivity contribution in [2.45, 2.75) is 43.6 Å². The molecule has 9 heteroatoms. The number of β-amino-alcohol motifs (C(OH)–C–C–N with tert-alkyl or cyclic N) is 1. The van der Waals surface area contributed by atoms with E-state index in [2.05, 4.69) is 5.32 Å². The van der Waals surface area contributed by atoms with Gasteiger partial charge in [0, 0.05) is 27.1 Å². The smallest absolute Gasteiger partial charge is 0.306 e. The molecule has 0 aliphatic carbocycles. The van der Waals surface area contributed by atoms with Crippen LogP contribution in [-0.4, -0.2) is 91.3 Å². The van der Waals surface area contributed by atoms with Crippen LogP contribution in [-0.2, 0) is 25.5 Å². The number of carbonyl (C=O) groups is 3. The van der Waals surface area contributed by atoms with E-state index >= 15 is 0 Å². The van der Waals surface area contributed by atoms with Crippen molar-refractivity contribution in [1.82, 2.24) is 15.1 Å². The van der Waals surface area contributed by atoms with Gasteiger partial charge in [0.25, 0.3) is 0 Å². The second-order valence-electron chi connectivity index (χ2n) is 7.84. The first kappa shape index (κ1) is 22.0. The van der Waals surface area contributed by atoms with Gasteiger partial charge in [0.05, 0.1) is 19.7 Å². The fourth-order valence-corrected chi connectivity index (χ4v) is 3.91. The monoisotopic (exact) mass is 419 g/mol. The van der Waals surface area contributed by atoms with E-state index < -0.39 is 24.2 Å². The summed E-state index contributed by atoms with van der Waals surface area (Å²) in [7, 11) is 4.74. The number of piperazine rings is 1. The first-order chi connectivity index (χ1) is 14.3. The molecule has 0 saturated carbocycles. The van der Waals surface area contributed by atoms with Crippen molar-refractivity contribution in [1.29, 1.82) is 0 Å². The average molecular weight is 419 g/mol. The van der Waals surface area contributed by atoms with Gasteiger partial charge in [0.2, 0.25) is 11.8 Å². The van der Waals surface area contributed by atoms with Crippen molar-refractivity contribution in [3.63, 3.8) is 0 Å². The van der Waals surface area contributed by atoms with Gasteiger partial charge in [-0.05, 0) is 30.5 Å². The lowest BCUT2D eigenvalue weighted by molar-refractivity contribution is -0.157. The molecule has 2 aliphatic heterocycles. The summed E-state index contributed by atoms with van der Waals surface area (Å²) >= 11 is 0. The minimum atomic E-state index is -0.802. The van der Waals surface area contributed by atoms with Crippen LogP contribution >= 0.6 is 0 Å². The number of likely N-dealkylation sites (N-methyl/N-ethyl adjacent to an activating group) is 2. The molecule has 30 heavy (non-hydrogen) atoms. The van der Waals surface area contributed by atoms with E-state index in [9.17, 15) is 19.5 Å². The molecule has 164 valence electrons. The molecule has 3 rings (SSSR count). The molecule has 1 aromatic rings. The molecule has 1 aromatic carbocycles. The van der Waals surface area contributed by atoms with Gasteiger partial charge in [0.15, 0.2) is 0 Å². The summed E-state index contributed by atoms with van der Waals surface area (Å²) in [5.41, 5.74) is 1.03. The Labute approximate surface area is 175 Å². The van der Waals surface area contributed by atoms with Crippen molar-refractivity contribution in [3.05, 3.63) is 29.8 Å². The van der Waals surface area contributed by atoms with Crippen LogP contribution in [0.15, 0.2) is 24.3 Å². The summed E-state index contributed by atoms with van der Waals surface area (Å²) < 4.78 is 10.7. The first-order valence-electron chi connectivity index (χ1n) is 10.0. The second-order valence-corrected chi connectivity index (χ2v) is 7.84.